The normalized spacial score (nSPS) is 15.4. The summed E-state index contributed by atoms with van der Waals surface area (Å²) < 4.78 is 5.71. The maximum Gasteiger partial charge on any atom is 0.294 e. The van der Waals surface area contributed by atoms with E-state index in [4.69, 9.17) is 22.1 Å². The van der Waals surface area contributed by atoms with Crippen molar-refractivity contribution in [3.63, 3.8) is 0 Å². The minimum Gasteiger partial charge on any atom is -0.489 e. The molecule has 0 bridgehead atoms. The smallest absolute Gasteiger partial charge is 0.294 e. The SMILES string of the molecule is NC(=O)CN1C(=O)S/C(=C\c2ccc(OCc3ccccc3Cl)cc2)C1=O. The maximum absolute atomic E-state index is 12.2. The first kappa shape index (κ1) is 19.0. The molecule has 2 N–H and O–H groups in total. The third kappa shape index (κ3) is 4.69. The van der Waals surface area contributed by atoms with Gasteiger partial charge in [-0.15, -0.1) is 0 Å². The van der Waals surface area contributed by atoms with Crippen molar-refractivity contribution in [2.24, 2.45) is 5.73 Å². The second kappa shape index (κ2) is 8.28. The summed E-state index contributed by atoms with van der Waals surface area (Å²) in [5, 5.41) is 0.130. The predicted octanol–water partition coefficient (Wildman–Crippen LogP) is 3.44. The first-order chi connectivity index (χ1) is 12.9. The van der Waals surface area contributed by atoms with Crippen LogP contribution in [-0.2, 0) is 16.2 Å². The monoisotopic (exact) mass is 402 g/mol. The lowest BCUT2D eigenvalue weighted by Crippen LogP contribution is -2.36. The molecule has 0 unspecified atom stereocenters. The number of benzene rings is 2. The van der Waals surface area contributed by atoms with Gasteiger partial charge in [-0.1, -0.05) is 41.9 Å². The van der Waals surface area contributed by atoms with Gasteiger partial charge in [-0.2, -0.15) is 0 Å². The second-order valence-corrected chi connectivity index (χ2v) is 7.08. The summed E-state index contributed by atoms with van der Waals surface area (Å²) in [6.07, 6.45) is 1.59. The molecule has 0 spiro atoms. The van der Waals surface area contributed by atoms with E-state index in [1.54, 1.807) is 36.4 Å². The lowest BCUT2D eigenvalue weighted by atomic mass is 10.2. The molecule has 138 valence electrons. The minimum atomic E-state index is -0.737. The van der Waals surface area contributed by atoms with Crippen LogP contribution in [-0.4, -0.2) is 28.5 Å². The highest BCUT2D eigenvalue weighted by molar-refractivity contribution is 8.18. The Bertz CT molecular complexity index is 928. The molecule has 6 nitrogen and oxygen atoms in total. The number of nitrogens with two attached hydrogens (primary N) is 1. The largest absolute Gasteiger partial charge is 0.489 e. The Morgan fingerprint density at radius 2 is 1.85 bits per heavy atom. The van der Waals surface area contributed by atoms with E-state index in [1.165, 1.54) is 0 Å². The Kier molecular flexibility index (Phi) is 5.83. The molecule has 3 rings (SSSR count). The summed E-state index contributed by atoms with van der Waals surface area (Å²) in [6.45, 7) is -0.0815. The fourth-order valence-electron chi connectivity index (χ4n) is 2.38. The fourth-order valence-corrected chi connectivity index (χ4v) is 3.41. The van der Waals surface area contributed by atoms with Gasteiger partial charge >= 0.3 is 0 Å². The number of carbonyl (C=O) groups excluding carboxylic acids is 3. The van der Waals surface area contributed by atoms with Crippen LogP contribution in [0.1, 0.15) is 11.1 Å². The molecular formula is C19H15ClN2O4S. The highest BCUT2D eigenvalue weighted by atomic mass is 35.5. The average molecular weight is 403 g/mol. The van der Waals surface area contributed by atoms with Crippen molar-refractivity contribution in [2.75, 3.05) is 6.54 Å². The van der Waals surface area contributed by atoms with Crippen LogP contribution in [0.2, 0.25) is 5.02 Å². The molecule has 1 heterocycles. The van der Waals surface area contributed by atoms with Crippen molar-refractivity contribution < 1.29 is 19.1 Å². The van der Waals surface area contributed by atoms with Gasteiger partial charge < -0.3 is 10.5 Å². The van der Waals surface area contributed by atoms with Gasteiger partial charge in [-0.25, -0.2) is 0 Å². The number of hydrogen-bond donors (Lipinski definition) is 1. The van der Waals surface area contributed by atoms with Crippen LogP contribution < -0.4 is 10.5 Å². The van der Waals surface area contributed by atoms with Crippen LogP contribution in [0.25, 0.3) is 6.08 Å². The van der Waals surface area contributed by atoms with E-state index in [0.717, 1.165) is 27.8 Å². The van der Waals surface area contributed by atoms with Crippen molar-refractivity contribution in [2.45, 2.75) is 6.61 Å². The summed E-state index contributed by atoms with van der Waals surface area (Å²) in [5.74, 6) is -0.615. The van der Waals surface area contributed by atoms with Gasteiger partial charge in [0.25, 0.3) is 11.1 Å². The number of carbonyl (C=O) groups is 3. The molecule has 2 aromatic rings. The van der Waals surface area contributed by atoms with Gasteiger partial charge in [0.2, 0.25) is 5.91 Å². The Morgan fingerprint density at radius 1 is 1.15 bits per heavy atom. The highest BCUT2D eigenvalue weighted by Crippen LogP contribution is 2.32. The molecule has 27 heavy (non-hydrogen) atoms. The fraction of sp³-hybridized carbons (Fsp3) is 0.105. The van der Waals surface area contributed by atoms with Crippen LogP contribution in [0.3, 0.4) is 0 Å². The summed E-state index contributed by atoms with van der Waals surface area (Å²) in [6, 6.07) is 14.5. The van der Waals surface area contributed by atoms with Crippen LogP contribution in [0, 0.1) is 0 Å². The molecule has 0 atom stereocenters. The number of thioether (sulfide) groups is 1. The summed E-state index contributed by atoms with van der Waals surface area (Å²) >= 11 is 6.87. The van der Waals surface area contributed by atoms with Crippen LogP contribution in [0.4, 0.5) is 4.79 Å². The molecular weight excluding hydrogens is 388 g/mol. The van der Waals surface area contributed by atoms with E-state index in [1.807, 2.05) is 18.2 Å². The zero-order valence-electron chi connectivity index (χ0n) is 14.1. The van der Waals surface area contributed by atoms with Gasteiger partial charge in [-0.3, -0.25) is 19.3 Å². The van der Waals surface area contributed by atoms with E-state index in [-0.39, 0.29) is 4.91 Å². The molecule has 3 amide bonds. The number of primary amides is 1. The zero-order valence-corrected chi connectivity index (χ0v) is 15.6. The number of rotatable bonds is 6. The topological polar surface area (TPSA) is 89.7 Å². The Labute approximate surface area is 164 Å². The van der Waals surface area contributed by atoms with Crippen molar-refractivity contribution in [3.8, 4) is 5.75 Å². The number of halogens is 1. The van der Waals surface area contributed by atoms with Crippen molar-refractivity contribution >= 4 is 46.5 Å². The van der Waals surface area contributed by atoms with Crippen LogP contribution >= 0.6 is 23.4 Å². The van der Waals surface area contributed by atoms with Crippen molar-refractivity contribution in [1.82, 2.24) is 4.90 Å². The Balaban J connectivity index is 1.66. The zero-order chi connectivity index (χ0) is 19.4. The number of nitrogens with zero attached hydrogens (tertiary/aromatic N) is 1. The van der Waals surface area contributed by atoms with Gasteiger partial charge in [0.1, 0.15) is 18.9 Å². The maximum atomic E-state index is 12.2. The Hall–Kier alpha value is -2.77. The van der Waals surface area contributed by atoms with E-state index >= 15 is 0 Å². The summed E-state index contributed by atoms with van der Waals surface area (Å²) in [7, 11) is 0. The van der Waals surface area contributed by atoms with Crippen molar-refractivity contribution in [1.29, 1.82) is 0 Å². The molecule has 0 saturated carbocycles. The van der Waals surface area contributed by atoms with Crippen LogP contribution in [0.15, 0.2) is 53.4 Å². The van der Waals surface area contributed by atoms with Gasteiger partial charge in [0.15, 0.2) is 0 Å². The molecule has 1 fully saturated rings. The van der Waals surface area contributed by atoms with E-state index < -0.39 is 23.6 Å². The first-order valence-electron chi connectivity index (χ1n) is 7.94. The number of hydrogen-bond acceptors (Lipinski definition) is 5. The second-order valence-electron chi connectivity index (χ2n) is 5.68. The summed E-state index contributed by atoms with van der Waals surface area (Å²) in [5.41, 5.74) is 6.66. The number of amides is 3. The predicted molar refractivity (Wildman–Crippen MR) is 104 cm³/mol. The van der Waals surface area contributed by atoms with Crippen molar-refractivity contribution in [3.05, 3.63) is 69.6 Å². The van der Waals surface area contributed by atoms with Gasteiger partial charge in [0, 0.05) is 10.6 Å². The molecule has 2 aromatic carbocycles. The van der Waals surface area contributed by atoms with E-state index in [9.17, 15) is 14.4 Å². The third-order valence-electron chi connectivity index (χ3n) is 3.72. The highest BCUT2D eigenvalue weighted by Gasteiger charge is 2.35. The first-order valence-corrected chi connectivity index (χ1v) is 9.13. The molecule has 8 heteroatoms. The molecule has 0 aliphatic carbocycles. The third-order valence-corrected chi connectivity index (χ3v) is 4.99. The minimum absolute atomic E-state index is 0.242. The van der Waals surface area contributed by atoms with Gasteiger partial charge in [-0.05, 0) is 41.6 Å². The standard InChI is InChI=1S/C19H15ClN2O4S/c20-15-4-2-1-3-13(15)11-26-14-7-5-12(6-8-14)9-16-18(24)22(10-17(21)23)19(25)27-16/h1-9H,10-11H2,(H2,21,23)/b16-9-. The summed E-state index contributed by atoms with van der Waals surface area (Å²) in [4.78, 5) is 36.0. The molecule has 0 radical (unpaired) electrons. The lowest BCUT2D eigenvalue weighted by molar-refractivity contribution is -0.127. The number of imide groups is 1. The number of ether oxygens (including phenoxy) is 1. The van der Waals surface area contributed by atoms with Crippen LogP contribution in [0.5, 0.6) is 5.75 Å². The molecule has 0 aromatic heterocycles. The Morgan fingerprint density at radius 3 is 2.52 bits per heavy atom. The molecule has 1 aliphatic heterocycles. The average Bonchev–Trinajstić information content (AvgIpc) is 2.89. The molecule has 1 saturated heterocycles. The van der Waals surface area contributed by atoms with E-state index in [0.29, 0.717) is 17.4 Å². The van der Waals surface area contributed by atoms with E-state index in [2.05, 4.69) is 0 Å². The molecule has 1 aliphatic rings. The lowest BCUT2D eigenvalue weighted by Gasteiger charge is -2.09. The quantitative estimate of drug-likeness (QED) is 0.747. The van der Waals surface area contributed by atoms with Gasteiger partial charge in [0.05, 0.1) is 4.91 Å².